The van der Waals surface area contributed by atoms with Crippen LogP contribution in [0.25, 0.3) is 0 Å². The van der Waals surface area contributed by atoms with Crippen molar-refractivity contribution in [1.82, 2.24) is 5.32 Å². The van der Waals surface area contributed by atoms with Crippen LogP contribution in [0.15, 0.2) is 46.9 Å². The number of ether oxygens (including phenoxy) is 2. The number of hydrogen-bond donors (Lipinski definition) is 1. The van der Waals surface area contributed by atoms with Crippen molar-refractivity contribution in [2.24, 2.45) is 0 Å². The Kier molecular flexibility index (Phi) is 6.58. The highest BCUT2D eigenvalue weighted by atomic mass is 79.9. The number of amides is 1. The molecule has 0 bridgehead atoms. The van der Waals surface area contributed by atoms with Gasteiger partial charge in [0.1, 0.15) is 5.75 Å². The molecule has 0 aliphatic heterocycles. The van der Waals surface area contributed by atoms with Gasteiger partial charge in [-0.2, -0.15) is 0 Å². The highest BCUT2D eigenvalue weighted by Crippen LogP contribution is 2.19. The quantitative estimate of drug-likeness (QED) is 0.742. The Bertz CT molecular complexity index is 759. The number of hydrogen-bond acceptors (Lipinski definition) is 4. The molecular formula is C19H20BrNO4. The number of nitrogens with one attached hydrogen (secondary N) is 1. The zero-order valence-corrected chi connectivity index (χ0v) is 15.9. The number of esters is 1. The molecule has 0 aromatic heterocycles. The van der Waals surface area contributed by atoms with Gasteiger partial charge in [0.2, 0.25) is 0 Å². The van der Waals surface area contributed by atoms with E-state index in [1.54, 1.807) is 18.2 Å². The largest absolute Gasteiger partial charge is 0.496 e. The second-order valence-corrected chi connectivity index (χ2v) is 6.52. The normalized spacial score (nSPS) is 11.5. The molecule has 0 fully saturated rings. The van der Waals surface area contributed by atoms with Crippen LogP contribution < -0.4 is 10.1 Å². The third-order valence-electron chi connectivity index (χ3n) is 3.73. The summed E-state index contributed by atoms with van der Waals surface area (Å²) in [6.07, 6.45) is 0. The Hall–Kier alpha value is -2.34. The fourth-order valence-electron chi connectivity index (χ4n) is 2.28. The molecule has 0 aliphatic rings. The maximum absolute atomic E-state index is 12.1. The monoisotopic (exact) mass is 405 g/mol. The number of carbonyl (C=O) groups is 2. The Morgan fingerprint density at radius 3 is 2.48 bits per heavy atom. The molecule has 1 amide bonds. The van der Waals surface area contributed by atoms with Crippen LogP contribution in [0.4, 0.5) is 0 Å². The zero-order valence-electron chi connectivity index (χ0n) is 14.3. The van der Waals surface area contributed by atoms with Gasteiger partial charge in [-0.25, -0.2) is 4.79 Å². The summed E-state index contributed by atoms with van der Waals surface area (Å²) in [6.45, 7) is 3.41. The van der Waals surface area contributed by atoms with Crippen molar-refractivity contribution in [2.45, 2.75) is 19.9 Å². The van der Waals surface area contributed by atoms with E-state index in [4.69, 9.17) is 9.47 Å². The van der Waals surface area contributed by atoms with Crippen LogP contribution in [0, 0.1) is 6.92 Å². The maximum Gasteiger partial charge on any atom is 0.338 e. The van der Waals surface area contributed by atoms with E-state index in [0.717, 1.165) is 15.6 Å². The molecule has 0 unspecified atom stereocenters. The number of benzene rings is 2. The average molecular weight is 406 g/mol. The molecule has 0 radical (unpaired) electrons. The van der Waals surface area contributed by atoms with Gasteiger partial charge in [-0.05, 0) is 49.2 Å². The lowest BCUT2D eigenvalue weighted by Gasteiger charge is -2.14. The van der Waals surface area contributed by atoms with Gasteiger partial charge in [0.05, 0.1) is 18.7 Å². The first-order chi connectivity index (χ1) is 11.9. The molecule has 0 heterocycles. The van der Waals surface area contributed by atoms with Crippen LogP contribution in [-0.4, -0.2) is 25.6 Å². The maximum atomic E-state index is 12.1. The van der Waals surface area contributed by atoms with E-state index in [0.29, 0.717) is 11.3 Å². The van der Waals surface area contributed by atoms with Crippen molar-refractivity contribution in [3.05, 3.63) is 63.6 Å². The fraction of sp³-hybridized carbons (Fsp3) is 0.263. The standard InChI is InChI=1S/C19H20BrNO4/c1-12-4-5-15(10-17(12)24-3)19(23)25-11-18(22)21-13(2)14-6-8-16(20)9-7-14/h4-10,13H,11H2,1-3H3,(H,21,22)/t13-/m0/s1. The molecule has 0 aliphatic carbocycles. The number of carbonyl (C=O) groups excluding carboxylic acids is 2. The molecule has 1 atom stereocenters. The lowest BCUT2D eigenvalue weighted by atomic mass is 10.1. The van der Waals surface area contributed by atoms with Gasteiger partial charge in [0, 0.05) is 4.47 Å². The predicted molar refractivity (Wildman–Crippen MR) is 98.7 cm³/mol. The van der Waals surface area contributed by atoms with Crippen molar-refractivity contribution < 1.29 is 19.1 Å². The molecule has 5 nitrogen and oxygen atoms in total. The van der Waals surface area contributed by atoms with Gasteiger partial charge in [0.25, 0.3) is 5.91 Å². The van der Waals surface area contributed by atoms with Crippen LogP contribution in [0.5, 0.6) is 5.75 Å². The minimum absolute atomic E-state index is 0.182. The highest BCUT2D eigenvalue weighted by molar-refractivity contribution is 9.10. The summed E-state index contributed by atoms with van der Waals surface area (Å²) in [6, 6.07) is 12.5. The molecule has 6 heteroatoms. The summed E-state index contributed by atoms with van der Waals surface area (Å²) < 4.78 is 11.2. The van der Waals surface area contributed by atoms with Crippen molar-refractivity contribution in [3.8, 4) is 5.75 Å². The van der Waals surface area contributed by atoms with E-state index >= 15 is 0 Å². The molecule has 2 aromatic carbocycles. The van der Waals surface area contributed by atoms with E-state index < -0.39 is 5.97 Å². The molecule has 0 saturated heterocycles. The van der Waals surface area contributed by atoms with Gasteiger partial charge in [-0.15, -0.1) is 0 Å². The minimum Gasteiger partial charge on any atom is -0.496 e. The molecule has 1 N–H and O–H groups in total. The van der Waals surface area contributed by atoms with E-state index in [1.807, 2.05) is 38.1 Å². The van der Waals surface area contributed by atoms with Crippen LogP contribution in [0.1, 0.15) is 34.5 Å². The number of methoxy groups -OCH3 is 1. The second-order valence-electron chi connectivity index (χ2n) is 5.60. The van der Waals surface area contributed by atoms with Crippen LogP contribution >= 0.6 is 15.9 Å². The average Bonchev–Trinajstić information content (AvgIpc) is 2.60. The van der Waals surface area contributed by atoms with Crippen LogP contribution in [0.2, 0.25) is 0 Å². The zero-order chi connectivity index (χ0) is 18.4. The van der Waals surface area contributed by atoms with Crippen molar-refractivity contribution >= 4 is 27.8 Å². The Labute approximate surface area is 155 Å². The molecule has 132 valence electrons. The van der Waals surface area contributed by atoms with E-state index in [9.17, 15) is 9.59 Å². The number of aryl methyl sites for hydroxylation is 1. The van der Waals surface area contributed by atoms with E-state index in [2.05, 4.69) is 21.2 Å². The number of rotatable bonds is 6. The van der Waals surface area contributed by atoms with E-state index in [-0.39, 0.29) is 18.6 Å². The first-order valence-corrected chi connectivity index (χ1v) is 8.56. The predicted octanol–water partition coefficient (Wildman–Crippen LogP) is 3.80. The summed E-state index contributed by atoms with van der Waals surface area (Å²) in [5.41, 5.74) is 2.22. The Balaban J connectivity index is 1.88. The highest BCUT2D eigenvalue weighted by Gasteiger charge is 2.14. The van der Waals surface area contributed by atoms with Crippen molar-refractivity contribution in [1.29, 1.82) is 0 Å². The van der Waals surface area contributed by atoms with Gasteiger partial charge >= 0.3 is 5.97 Å². The molecule has 0 saturated carbocycles. The number of halogens is 1. The van der Waals surface area contributed by atoms with E-state index in [1.165, 1.54) is 7.11 Å². The van der Waals surface area contributed by atoms with Crippen molar-refractivity contribution in [3.63, 3.8) is 0 Å². The molecule has 25 heavy (non-hydrogen) atoms. The molecule has 0 spiro atoms. The summed E-state index contributed by atoms with van der Waals surface area (Å²) in [7, 11) is 1.54. The Morgan fingerprint density at radius 1 is 1.16 bits per heavy atom. The minimum atomic E-state index is -0.565. The lowest BCUT2D eigenvalue weighted by Crippen LogP contribution is -2.31. The first kappa shape index (κ1) is 19.0. The summed E-state index contributed by atoms with van der Waals surface area (Å²) in [4.78, 5) is 24.0. The SMILES string of the molecule is COc1cc(C(=O)OCC(=O)N[C@@H](C)c2ccc(Br)cc2)ccc1C. The molecular weight excluding hydrogens is 386 g/mol. The first-order valence-electron chi connectivity index (χ1n) is 7.77. The van der Waals surface area contributed by atoms with Gasteiger partial charge in [-0.3, -0.25) is 4.79 Å². The fourth-order valence-corrected chi connectivity index (χ4v) is 2.54. The van der Waals surface area contributed by atoms with Crippen molar-refractivity contribution in [2.75, 3.05) is 13.7 Å². The van der Waals surface area contributed by atoms with Crippen LogP contribution in [-0.2, 0) is 9.53 Å². The smallest absolute Gasteiger partial charge is 0.338 e. The lowest BCUT2D eigenvalue weighted by molar-refractivity contribution is -0.124. The van der Waals surface area contributed by atoms with Gasteiger partial charge in [0.15, 0.2) is 6.61 Å². The topological polar surface area (TPSA) is 64.6 Å². The van der Waals surface area contributed by atoms with Gasteiger partial charge < -0.3 is 14.8 Å². The molecule has 2 rings (SSSR count). The van der Waals surface area contributed by atoms with Crippen LogP contribution in [0.3, 0.4) is 0 Å². The summed E-state index contributed by atoms with van der Waals surface area (Å²) >= 11 is 3.37. The molecule has 2 aromatic rings. The summed E-state index contributed by atoms with van der Waals surface area (Å²) in [5.74, 6) is -0.324. The second kappa shape index (κ2) is 8.67. The Morgan fingerprint density at radius 2 is 1.84 bits per heavy atom. The summed E-state index contributed by atoms with van der Waals surface area (Å²) in [5, 5.41) is 2.80. The third-order valence-corrected chi connectivity index (χ3v) is 4.25. The van der Waals surface area contributed by atoms with Gasteiger partial charge in [-0.1, -0.05) is 34.1 Å². The third kappa shape index (κ3) is 5.32.